The average Bonchev–Trinajstić information content (AvgIpc) is 2.94. The van der Waals surface area contributed by atoms with Crippen molar-refractivity contribution < 1.29 is 4.52 Å². The van der Waals surface area contributed by atoms with E-state index in [2.05, 4.69) is 32.7 Å². The van der Waals surface area contributed by atoms with Crippen LogP contribution in [0.1, 0.15) is 31.2 Å². The number of aromatic nitrogens is 3. The van der Waals surface area contributed by atoms with Crippen molar-refractivity contribution in [3.63, 3.8) is 0 Å². The minimum absolute atomic E-state index is 0.544. The summed E-state index contributed by atoms with van der Waals surface area (Å²) in [7, 11) is 0. The number of nitrogens with one attached hydrogen (secondary N) is 2. The second-order valence-electron chi connectivity index (χ2n) is 5.93. The summed E-state index contributed by atoms with van der Waals surface area (Å²) >= 11 is 0. The van der Waals surface area contributed by atoms with E-state index in [-0.39, 0.29) is 0 Å². The number of unbranched alkanes of at least 4 members (excludes halogenated alkanes) is 1. The first-order chi connectivity index (χ1) is 12.2. The highest BCUT2D eigenvalue weighted by Gasteiger charge is 2.15. The summed E-state index contributed by atoms with van der Waals surface area (Å²) in [6.45, 7) is 6.85. The molecule has 0 saturated heterocycles. The molecule has 0 bridgehead atoms. The van der Waals surface area contributed by atoms with Crippen LogP contribution in [0.3, 0.4) is 0 Å². The molecule has 1 aromatic carbocycles. The molecule has 0 amide bonds. The van der Waals surface area contributed by atoms with Gasteiger partial charge in [0.05, 0.1) is 17.0 Å². The minimum atomic E-state index is 0.544. The third-order valence-corrected chi connectivity index (χ3v) is 3.88. The van der Waals surface area contributed by atoms with Crippen molar-refractivity contribution in [1.29, 1.82) is 0 Å². The van der Waals surface area contributed by atoms with E-state index in [1.54, 1.807) is 0 Å². The van der Waals surface area contributed by atoms with E-state index in [9.17, 15) is 0 Å². The zero-order valence-electron chi connectivity index (χ0n) is 14.8. The van der Waals surface area contributed by atoms with Gasteiger partial charge in [0.2, 0.25) is 5.95 Å². The number of para-hydroxylation sites is 1. The zero-order chi connectivity index (χ0) is 17.6. The predicted molar refractivity (Wildman–Crippen MR) is 100 cm³/mol. The minimum Gasteiger partial charge on any atom is -0.370 e. The van der Waals surface area contributed by atoms with E-state index in [1.165, 1.54) is 0 Å². The molecular weight excluding hydrogens is 314 g/mol. The molecule has 2 aromatic heterocycles. The molecule has 2 N–H and O–H groups in total. The molecule has 0 fully saturated rings. The maximum absolute atomic E-state index is 5.30. The summed E-state index contributed by atoms with van der Waals surface area (Å²) < 4.78 is 5.30. The monoisotopic (exact) mass is 337 g/mol. The molecule has 0 spiro atoms. The number of nitrogens with zero attached hydrogens (tertiary/aromatic N) is 3. The maximum atomic E-state index is 5.30. The van der Waals surface area contributed by atoms with Gasteiger partial charge in [-0.1, -0.05) is 36.7 Å². The first-order valence-corrected chi connectivity index (χ1v) is 8.55. The first kappa shape index (κ1) is 17.0. The van der Waals surface area contributed by atoms with E-state index >= 15 is 0 Å². The SMILES string of the molecule is CCCCNc1cc(-c2c(C)noc2C)nc(Nc2ccccc2)n1. The fourth-order valence-electron chi connectivity index (χ4n) is 2.61. The number of hydrogen-bond donors (Lipinski definition) is 2. The molecule has 0 aliphatic carbocycles. The fraction of sp³-hybridized carbons (Fsp3) is 0.316. The van der Waals surface area contributed by atoms with Gasteiger partial charge in [-0.15, -0.1) is 0 Å². The van der Waals surface area contributed by atoms with Gasteiger partial charge in [-0.05, 0) is 32.4 Å². The van der Waals surface area contributed by atoms with Crippen molar-refractivity contribution in [1.82, 2.24) is 15.1 Å². The number of anilines is 3. The van der Waals surface area contributed by atoms with Gasteiger partial charge < -0.3 is 15.2 Å². The van der Waals surface area contributed by atoms with Gasteiger partial charge in [-0.2, -0.15) is 4.98 Å². The number of rotatable bonds is 7. The van der Waals surface area contributed by atoms with Crippen LogP contribution < -0.4 is 10.6 Å². The molecule has 6 nitrogen and oxygen atoms in total. The molecule has 3 aromatic rings. The third kappa shape index (κ3) is 4.15. The first-order valence-electron chi connectivity index (χ1n) is 8.55. The Morgan fingerprint density at radius 1 is 1.08 bits per heavy atom. The lowest BCUT2D eigenvalue weighted by Gasteiger charge is -2.11. The van der Waals surface area contributed by atoms with Crippen molar-refractivity contribution in [2.45, 2.75) is 33.6 Å². The Kier molecular flexibility index (Phi) is 5.28. The Bertz CT molecular complexity index is 810. The predicted octanol–water partition coefficient (Wildman–Crippen LogP) is 4.70. The Morgan fingerprint density at radius 3 is 2.56 bits per heavy atom. The van der Waals surface area contributed by atoms with Gasteiger partial charge in [0.25, 0.3) is 0 Å². The van der Waals surface area contributed by atoms with Gasteiger partial charge >= 0.3 is 0 Å². The molecule has 0 aliphatic rings. The van der Waals surface area contributed by atoms with E-state index < -0.39 is 0 Å². The molecule has 25 heavy (non-hydrogen) atoms. The quantitative estimate of drug-likeness (QED) is 0.608. The highest BCUT2D eigenvalue weighted by molar-refractivity contribution is 5.69. The van der Waals surface area contributed by atoms with Crippen molar-refractivity contribution in [3.05, 3.63) is 47.9 Å². The fourth-order valence-corrected chi connectivity index (χ4v) is 2.61. The van der Waals surface area contributed by atoms with Crippen molar-refractivity contribution in [2.75, 3.05) is 17.2 Å². The number of benzene rings is 1. The van der Waals surface area contributed by atoms with E-state index in [0.717, 1.165) is 53.6 Å². The molecule has 0 aliphatic heterocycles. The van der Waals surface area contributed by atoms with Crippen LogP contribution in [0.25, 0.3) is 11.3 Å². The zero-order valence-corrected chi connectivity index (χ0v) is 14.8. The van der Waals surface area contributed by atoms with E-state index in [4.69, 9.17) is 4.52 Å². The Hall–Kier alpha value is -2.89. The average molecular weight is 337 g/mol. The molecule has 3 rings (SSSR count). The van der Waals surface area contributed by atoms with Gasteiger partial charge in [0, 0.05) is 18.3 Å². The molecule has 6 heteroatoms. The molecular formula is C19H23N5O. The topological polar surface area (TPSA) is 75.9 Å². The second-order valence-corrected chi connectivity index (χ2v) is 5.93. The van der Waals surface area contributed by atoms with Gasteiger partial charge in [-0.3, -0.25) is 0 Å². The normalized spacial score (nSPS) is 10.7. The summed E-state index contributed by atoms with van der Waals surface area (Å²) in [6, 6.07) is 11.8. The molecule has 0 radical (unpaired) electrons. The lowest BCUT2D eigenvalue weighted by molar-refractivity contribution is 0.393. The summed E-state index contributed by atoms with van der Waals surface area (Å²) in [6.07, 6.45) is 2.22. The molecule has 2 heterocycles. The maximum Gasteiger partial charge on any atom is 0.229 e. The number of hydrogen-bond acceptors (Lipinski definition) is 6. The smallest absolute Gasteiger partial charge is 0.229 e. The lowest BCUT2D eigenvalue weighted by Crippen LogP contribution is -2.06. The Morgan fingerprint density at radius 2 is 1.88 bits per heavy atom. The van der Waals surface area contributed by atoms with E-state index in [0.29, 0.717) is 5.95 Å². The Balaban J connectivity index is 1.96. The van der Waals surface area contributed by atoms with Crippen LogP contribution in [0, 0.1) is 13.8 Å². The third-order valence-electron chi connectivity index (χ3n) is 3.88. The van der Waals surface area contributed by atoms with Crippen LogP contribution >= 0.6 is 0 Å². The van der Waals surface area contributed by atoms with Crippen LogP contribution in [0.5, 0.6) is 0 Å². The molecule has 0 saturated carbocycles. The molecule has 130 valence electrons. The van der Waals surface area contributed by atoms with Crippen molar-refractivity contribution in [3.8, 4) is 11.3 Å². The van der Waals surface area contributed by atoms with Crippen LogP contribution in [0.15, 0.2) is 40.9 Å². The standard InChI is InChI=1S/C19H23N5O/c1-4-5-11-20-17-12-16(18-13(2)24-25-14(18)3)22-19(23-17)21-15-9-7-6-8-10-15/h6-10,12H,4-5,11H2,1-3H3,(H2,20,21,22,23). The van der Waals surface area contributed by atoms with Gasteiger partial charge in [0.15, 0.2) is 0 Å². The highest BCUT2D eigenvalue weighted by Crippen LogP contribution is 2.28. The summed E-state index contributed by atoms with van der Waals surface area (Å²) in [4.78, 5) is 9.24. The highest BCUT2D eigenvalue weighted by atomic mass is 16.5. The van der Waals surface area contributed by atoms with Crippen LogP contribution in [0.2, 0.25) is 0 Å². The molecule has 0 atom stereocenters. The Labute approximate surface area is 147 Å². The van der Waals surface area contributed by atoms with Crippen molar-refractivity contribution >= 4 is 17.5 Å². The van der Waals surface area contributed by atoms with Gasteiger partial charge in [0.1, 0.15) is 11.6 Å². The summed E-state index contributed by atoms with van der Waals surface area (Å²) in [5, 5.41) is 10.7. The summed E-state index contributed by atoms with van der Waals surface area (Å²) in [5.41, 5.74) is 3.47. The summed E-state index contributed by atoms with van der Waals surface area (Å²) in [5.74, 6) is 2.08. The van der Waals surface area contributed by atoms with Crippen LogP contribution in [-0.2, 0) is 0 Å². The van der Waals surface area contributed by atoms with Crippen molar-refractivity contribution in [2.24, 2.45) is 0 Å². The largest absolute Gasteiger partial charge is 0.370 e. The van der Waals surface area contributed by atoms with E-state index in [1.807, 2.05) is 50.2 Å². The lowest BCUT2D eigenvalue weighted by atomic mass is 10.1. The second kappa shape index (κ2) is 7.79. The van der Waals surface area contributed by atoms with Crippen LogP contribution in [0.4, 0.5) is 17.5 Å². The van der Waals surface area contributed by atoms with Gasteiger partial charge in [-0.25, -0.2) is 4.98 Å². The molecule has 0 unspecified atom stereocenters. The number of aryl methyl sites for hydroxylation is 2. The van der Waals surface area contributed by atoms with Crippen LogP contribution in [-0.4, -0.2) is 21.7 Å².